The van der Waals surface area contributed by atoms with Gasteiger partial charge in [-0.25, -0.2) is 9.82 Å². The summed E-state index contributed by atoms with van der Waals surface area (Å²) in [6, 6.07) is 9.85. The zero-order chi connectivity index (χ0) is 15.9. The highest BCUT2D eigenvalue weighted by Crippen LogP contribution is 2.26. The van der Waals surface area contributed by atoms with Gasteiger partial charge in [0.25, 0.3) is 5.91 Å². The second-order valence-electron chi connectivity index (χ2n) is 4.37. The Morgan fingerprint density at radius 1 is 1.32 bits per heavy atom. The van der Waals surface area contributed by atoms with Crippen LogP contribution in [0.1, 0.15) is 22.8 Å². The van der Waals surface area contributed by atoms with Crippen LogP contribution < -0.4 is 10.2 Å². The van der Waals surface area contributed by atoms with Crippen LogP contribution in [0.4, 0.5) is 4.39 Å². The number of nitrogens with zero attached hydrogens (tertiary/aromatic N) is 1. The average molecular weight is 302 g/mol. The summed E-state index contributed by atoms with van der Waals surface area (Å²) in [4.78, 5) is 11.8. The van der Waals surface area contributed by atoms with Crippen molar-refractivity contribution in [1.29, 1.82) is 0 Å². The van der Waals surface area contributed by atoms with E-state index in [1.807, 2.05) is 6.92 Å². The van der Waals surface area contributed by atoms with Crippen LogP contribution in [0, 0.1) is 5.82 Å². The van der Waals surface area contributed by atoms with Crippen molar-refractivity contribution in [2.75, 3.05) is 6.61 Å². The molecule has 5 nitrogen and oxygen atoms in total. The highest BCUT2D eigenvalue weighted by Gasteiger charge is 2.04. The third-order valence-corrected chi connectivity index (χ3v) is 2.77. The van der Waals surface area contributed by atoms with Gasteiger partial charge in [-0.3, -0.25) is 4.79 Å². The molecule has 0 aliphatic rings. The number of amides is 1. The molecule has 0 heterocycles. The maximum absolute atomic E-state index is 12.8. The number of benzene rings is 2. The van der Waals surface area contributed by atoms with Crippen LogP contribution in [0.2, 0.25) is 0 Å². The topological polar surface area (TPSA) is 70.9 Å². The first-order valence-electron chi connectivity index (χ1n) is 6.65. The molecule has 2 aromatic carbocycles. The summed E-state index contributed by atoms with van der Waals surface area (Å²) in [7, 11) is 0. The molecule has 0 aliphatic carbocycles. The number of aromatic hydroxyl groups is 1. The Morgan fingerprint density at radius 3 is 2.73 bits per heavy atom. The fraction of sp³-hybridized carbons (Fsp3) is 0.125. The summed E-state index contributed by atoms with van der Waals surface area (Å²) in [5, 5.41) is 13.4. The molecular weight excluding hydrogens is 287 g/mol. The molecule has 0 atom stereocenters. The Bertz CT molecular complexity index is 684. The number of carbonyl (C=O) groups is 1. The Hall–Kier alpha value is -2.89. The van der Waals surface area contributed by atoms with Gasteiger partial charge in [-0.2, -0.15) is 5.10 Å². The second-order valence-corrected chi connectivity index (χ2v) is 4.37. The Balaban J connectivity index is 2.01. The van der Waals surface area contributed by atoms with Crippen molar-refractivity contribution in [2.24, 2.45) is 5.10 Å². The molecule has 2 N–H and O–H groups in total. The summed E-state index contributed by atoms with van der Waals surface area (Å²) in [5.41, 5.74) is 3.30. The van der Waals surface area contributed by atoms with Crippen LogP contribution in [0.15, 0.2) is 47.6 Å². The molecule has 0 spiro atoms. The maximum Gasteiger partial charge on any atom is 0.271 e. The molecule has 0 fully saturated rings. The van der Waals surface area contributed by atoms with Crippen LogP contribution in [-0.4, -0.2) is 23.8 Å². The molecule has 0 aromatic heterocycles. The van der Waals surface area contributed by atoms with E-state index in [2.05, 4.69) is 10.5 Å². The van der Waals surface area contributed by atoms with Crippen molar-refractivity contribution in [1.82, 2.24) is 5.43 Å². The molecule has 0 saturated carbocycles. The molecule has 6 heteroatoms. The SMILES string of the molecule is CCOc1cc(/C=N\NC(=O)c2ccc(F)cc2)ccc1O. The summed E-state index contributed by atoms with van der Waals surface area (Å²) in [6.07, 6.45) is 1.42. The molecule has 2 rings (SSSR count). The van der Waals surface area contributed by atoms with E-state index in [4.69, 9.17) is 4.74 Å². The van der Waals surface area contributed by atoms with Gasteiger partial charge < -0.3 is 9.84 Å². The highest BCUT2D eigenvalue weighted by atomic mass is 19.1. The normalized spacial score (nSPS) is 10.6. The number of hydrazone groups is 1. The third-order valence-electron chi connectivity index (χ3n) is 2.77. The first kappa shape index (κ1) is 15.5. The van der Waals surface area contributed by atoms with E-state index in [-0.39, 0.29) is 5.75 Å². The predicted molar refractivity (Wildman–Crippen MR) is 80.7 cm³/mol. The summed E-state index contributed by atoms with van der Waals surface area (Å²) in [5.74, 6) is -0.474. The van der Waals surface area contributed by atoms with Crippen LogP contribution in [0.5, 0.6) is 11.5 Å². The van der Waals surface area contributed by atoms with E-state index in [0.717, 1.165) is 0 Å². The standard InChI is InChI=1S/C16H15FN2O3/c1-2-22-15-9-11(3-8-14(15)20)10-18-19-16(21)12-4-6-13(17)7-5-12/h3-10,20H,2H2,1H3,(H,19,21)/b18-10-. The number of ether oxygens (including phenoxy) is 1. The van der Waals surface area contributed by atoms with Gasteiger partial charge in [-0.05, 0) is 55.0 Å². The van der Waals surface area contributed by atoms with E-state index in [0.29, 0.717) is 23.5 Å². The number of phenols is 1. The molecule has 0 bridgehead atoms. The number of rotatable bonds is 5. The molecule has 22 heavy (non-hydrogen) atoms. The number of hydrogen-bond acceptors (Lipinski definition) is 4. The van der Waals surface area contributed by atoms with Gasteiger partial charge >= 0.3 is 0 Å². The summed E-state index contributed by atoms with van der Waals surface area (Å²) < 4.78 is 18.0. The van der Waals surface area contributed by atoms with Crippen LogP contribution >= 0.6 is 0 Å². The van der Waals surface area contributed by atoms with Gasteiger partial charge in [0.2, 0.25) is 0 Å². The zero-order valence-corrected chi connectivity index (χ0v) is 11.9. The summed E-state index contributed by atoms with van der Waals surface area (Å²) in [6.45, 7) is 2.23. The molecule has 0 saturated heterocycles. The summed E-state index contributed by atoms with van der Waals surface area (Å²) >= 11 is 0. The van der Waals surface area contributed by atoms with Gasteiger partial charge in [-0.1, -0.05) is 0 Å². The smallest absolute Gasteiger partial charge is 0.271 e. The lowest BCUT2D eigenvalue weighted by Crippen LogP contribution is -2.17. The molecule has 2 aromatic rings. The molecule has 114 valence electrons. The van der Waals surface area contributed by atoms with E-state index < -0.39 is 11.7 Å². The van der Waals surface area contributed by atoms with Gasteiger partial charge in [0.15, 0.2) is 11.5 Å². The van der Waals surface area contributed by atoms with Crippen molar-refractivity contribution in [3.8, 4) is 11.5 Å². The van der Waals surface area contributed by atoms with Crippen LogP contribution in [0.25, 0.3) is 0 Å². The quantitative estimate of drug-likeness (QED) is 0.659. The zero-order valence-electron chi connectivity index (χ0n) is 11.9. The number of carbonyl (C=O) groups excluding carboxylic acids is 1. The Kier molecular flexibility index (Phi) is 5.08. The molecule has 0 aliphatic heterocycles. The number of hydrogen-bond donors (Lipinski definition) is 2. The van der Waals surface area contributed by atoms with Gasteiger partial charge in [0, 0.05) is 5.56 Å². The van der Waals surface area contributed by atoms with Crippen molar-refractivity contribution >= 4 is 12.1 Å². The van der Waals surface area contributed by atoms with Crippen molar-refractivity contribution in [3.63, 3.8) is 0 Å². The molecule has 1 amide bonds. The molecule has 0 radical (unpaired) electrons. The lowest BCUT2D eigenvalue weighted by atomic mass is 10.2. The van der Waals surface area contributed by atoms with Crippen molar-refractivity contribution in [2.45, 2.75) is 6.92 Å². The first-order valence-corrected chi connectivity index (χ1v) is 6.65. The van der Waals surface area contributed by atoms with E-state index in [1.165, 1.54) is 36.5 Å². The first-order chi connectivity index (χ1) is 10.6. The highest BCUT2D eigenvalue weighted by molar-refractivity contribution is 5.94. The van der Waals surface area contributed by atoms with E-state index in [9.17, 15) is 14.3 Å². The lowest BCUT2D eigenvalue weighted by molar-refractivity contribution is 0.0955. The van der Waals surface area contributed by atoms with Gasteiger partial charge in [0.05, 0.1) is 12.8 Å². The van der Waals surface area contributed by atoms with Gasteiger partial charge in [-0.15, -0.1) is 0 Å². The Labute approximate surface area is 127 Å². The molecular formula is C16H15FN2O3. The number of halogens is 1. The number of nitrogens with one attached hydrogen (secondary N) is 1. The fourth-order valence-electron chi connectivity index (χ4n) is 1.71. The van der Waals surface area contributed by atoms with E-state index >= 15 is 0 Å². The monoisotopic (exact) mass is 302 g/mol. The fourth-order valence-corrected chi connectivity index (χ4v) is 1.71. The lowest BCUT2D eigenvalue weighted by Gasteiger charge is -2.06. The minimum absolute atomic E-state index is 0.0364. The minimum atomic E-state index is -0.444. The minimum Gasteiger partial charge on any atom is -0.504 e. The number of phenolic OH excluding ortho intramolecular Hbond substituents is 1. The van der Waals surface area contributed by atoms with Crippen molar-refractivity contribution in [3.05, 3.63) is 59.4 Å². The van der Waals surface area contributed by atoms with Crippen LogP contribution in [-0.2, 0) is 0 Å². The Morgan fingerprint density at radius 2 is 2.05 bits per heavy atom. The predicted octanol–water partition coefficient (Wildman–Crippen LogP) is 2.69. The van der Waals surface area contributed by atoms with E-state index in [1.54, 1.807) is 12.1 Å². The molecule has 0 unspecified atom stereocenters. The van der Waals surface area contributed by atoms with Crippen LogP contribution in [0.3, 0.4) is 0 Å². The maximum atomic E-state index is 12.8. The van der Waals surface area contributed by atoms with Gasteiger partial charge in [0.1, 0.15) is 5.82 Å². The van der Waals surface area contributed by atoms with Crippen molar-refractivity contribution < 1.29 is 19.0 Å². The second kappa shape index (κ2) is 7.21. The third kappa shape index (κ3) is 4.05. The average Bonchev–Trinajstić information content (AvgIpc) is 2.51. The largest absolute Gasteiger partial charge is 0.504 e.